The molecule has 1 atom stereocenters. The van der Waals surface area contributed by atoms with Crippen molar-refractivity contribution in [3.63, 3.8) is 0 Å². The molecule has 2 N–H and O–H groups in total. The smallest absolute Gasteiger partial charge is 0.260 e. The van der Waals surface area contributed by atoms with Gasteiger partial charge in [-0.2, -0.15) is 11.8 Å². The van der Waals surface area contributed by atoms with E-state index in [0.29, 0.717) is 30.2 Å². The molecule has 1 aliphatic rings. The summed E-state index contributed by atoms with van der Waals surface area (Å²) < 4.78 is 10.4. The van der Waals surface area contributed by atoms with E-state index in [1.807, 2.05) is 16.7 Å². The van der Waals surface area contributed by atoms with Crippen molar-refractivity contribution < 1.29 is 14.3 Å². The minimum Gasteiger partial charge on any atom is -0.496 e. The van der Waals surface area contributed by atoms with Crippen molar-refractivity contribution in [2.75, 3.05) is 44.6 Å². The fourth-order valence-corrected chi connectivity index (χ4v) is 3.72. The third kappa shape index (κ3) is 3.63. The molecule has 1 aromatic rings. The van der Waals surface area contributed by atoms with Crippen molar-refractivity contribution in [1.82, 2.24) is 4.90 Å². The minimum absolute atomic E-state index is 0.0745. The van der Waals surface area contributed by atoms with Crippen LogP contribution in [0.25, 0.3) is 0 Å². The highest BCUT2D eigenvalue weighted by Gasteiger charge is 2.30. The normalized spacial score (nSPS) is 17.7. The van der Waals surface area contributed by atoms with E-state index in [0.717, 1.165) is 17.9 Å². The standard InChI is InChI=1S/C15H22N2O3S/c1-19-8-7-17(11-6-9-21-10-11)15(18)14-12(16)4-3-5-13(14)20-2/h3-5,11H,6-10,16H2,1-2H3. The van der Waals surface area contributed by atoms with Crippen LogP contribution in [0.2, 0.25) is 0 Å². The lowest BCUT2D eigenvalue weighted by Gasteiger charge is -2.29. The molecule has 0 saturated carbocycles. The van der Waals surface area contributed by atoms with Gasteiger partial charge < -0.3 is 20.1 Å². The van der Waals surface area contributed by atoms with Gasteiger partial charge in [0.1, 0.15) is 11.3 Å². The Labute approximate surface area is 129 Å². The number of carbonyl (C=O) groups excluding carboxylic acids is 1. The number of hydrogen-bond donors (Lipinski definition) is 1. The van der Waals surface area contributed by atoms with Crippen molar-refractivity contribution in [2.24, 2.45) is 0 Å². The van der Waals surface area contributed by atoms with Crippen LogP contribution < -0.4 is 10.5 Å². The van der Waals surface area contributed by atoms with Gasteiger partial charge in [-0.3, -0.25) is 4.79 Å². The Balaban J connectivity index is 2.28. The van der Waals surface area contributed by atoms with Gasteiger partial charge in [0.2, 0.25) is 0 Å². The Bertz CT molecular complexity index is 490. The lowest BCUT2D eigenvalue weighted by molar-refractivity contribution is 0.0622. The molecule has 0 aromatic heterocycles. The number of rotatable bonds is 6. The molecule has 1 saturated heterocycles. The molecule has 0 bridgehead atoms. The van der Waals surface area contributed by atoms with Crippen LogP contribution in [0.5, 0.6) is 5.75 Å². The molecular weight excluding hydrogens is 288 g/mol. The lowest BCUT2D eigenvalue weighted by atomic mass is 10.1. The van der Waals surface area contributed by atoms with Gasteiger partial charge in [-0.25, -0.2) is 0 Å². The highest BCUT2D eigenvalue weighted by Crippen LogP contribution is 2.29. The molecule has 116 valence electrons. The number of amides is 1. The Morgan fingerprint density at radius 2 is 2.29 bits per heavy atom. The first kappa shape index (κ1) is 16.0. The number of nitrogens with two attached hydrogens (primary N) is 1. The third-order valence-electron chi connectivity index (χ3n) is 3.64. The first-order valence-electron chi connectivity index (χ1n) is 6.99. The van der Waals surface area contributed by atoms with Crippen LogP contribution in [0.1, 0.15) is 16.8 Å². The summed E-state index contributed by atoms with van der Waals surface area (Å²) in [6, 6.07) is 5.52. The molecule has 0 radical (unpaired) electrons. The summed E-state index contributed by atoms with van der Waals surface area (Å²) in [5.41, 5.74) is 6.90. The summed E-state index contributed by atoms with van der Waals surface area (Å²) >= 11 is 1.87. The van der Waals surface area contributed by atoms with Crippen molar-refractivity contribution in [2.45, 2.75) is 12.5 Å². The summed E-state index contributed by atoms with van der Waals surface area (Å²) in [5, 5.41) is 0. The Morgan fingerprint density at radius 3 is 2.90 bits per heavy atom. The molecule has 1 amide bonds. The Hall–Kier alpha value is -1.40. The third-order valence-corrected chi connectivity index (χ3v) is 4.78. The summed E-state index contributed by atoms with van der Waals surface area (Å²) in [7, 11) is 3.19. The van der Waals surface area contributed by atoms with Crippen LogP contribution >= 0.6 is 11.8 Å². The molecule has 0 spiro atoms. The largest absolute Gasteiger partial charge is 0.496 e. The second-order valence-corrected chi connectivity index (χ2v) is 6.08. The van der Waals surface area contributed by atoms with Crippen LogP contribution in [0, 0.1) is 0 Å². The SMILES string of the molecule is COCCN(C(=O)c1c(N)cccc1OC)C1CCSC1. The predicted octanol–water partition coefficient (Wildman–Crippen LogP) is 1.87. The zero-order chi connectivity index (χ0) is 15.2. The number of nitrogens with zero attached hydrogens (tertiary/aromatic N) is 1. The van der Waals surface area contributed by atoms with Gasteiger partial charge >= 0.3 is 0 Å². The number of ether oxygens (including phenoxy) is 2. The van der Waals surface area contributed by atoms with Crippen molar-refractivity contribution >= 4 is 23.4 Å². The van der Waals surface area contributed by atoms with Crippen molar-refractivity contribution in [3.8, 4) is 5.75 Å². The fourth-order valence-electron chi connectivity index (χ4n) is 2.50. The topological polar surface area (TPSA) is 64.8 Å². The fraction of sp³-hybridized carbons (Fsp3) is 0.533. The maximum Gasteiger partial charge on any atom is 0.260 e. The molecule has 5 nitrogen and oxygen atoms in total. The second kappa shape index (κ2) is 7.56. The van der Waals surface area contributed by atoms with Gasteiger partial charge in [0.05, 0.1) is 13.7 Å². The van der Waals surface area contributed by atoms with E-state index in [2.05, 4.69) is 0 Å². The number of anilines is 1. The molecule has 1 aliphatic heterocycles. The van der Waals surface area contributed by atoms with Crippen LogP contribution in [0.4, 0.5) is 5.69 Å². The maximum atomic E-state index is 12.9. The highest BCUT2D eigenvalue weighted by molar-refractivity contribution is 7.99. The predicted molar refractivity (Wildman–Crippen MR) is 86.0 cm³/mol. The van der Waals surface area contributed by atoms with Crippen LogP contribution in [-0.2, 0) is 4.74 Å². The van der Waals surface area contributed by atoms with E-state index < -0.39 is 0 Å². The molecule has 21 heavy (non-hydrogen) atoms. The molecule has 6 heteroatoms. The summed E-state index contributed by atoms with van der Waals surface area (Å²) in [4.78, 5) is 14.8. The van der Waals surface area contributed by atoms with Gasteiger partial charge in [0, 0.05) is 31.1 Å². The number of methoxy groups -OCH3 is 2. The Morgan fingerprint density at radius 1 is 1.48 bits per heavy atom. The minimum atomic E-state index is -0.0745. The molecule has 2 rings (SSSR count). The van der Waals surface area contributed by atoms with E-state index in [9.17, 15) is 4.79 Å². The van der Waals surface area contributed by atoms with E-state index in [4.69, 9.17) is 15.2 Å². The van der Waals surface area contributed by atoms with E-state index in [1.165, 1.54) is 0 Å². The molecular formula is C15H22N2O3S. The Kier molecular flexibility index (Phi) is 5.76. The number of nitrogen functional groups attached to an aromatic ring is 1. The first-order chi connectivity index (χ1) is 10.2. The quantitative estimate of drug-likeness (QED) is 0.813. The first-order valence-corrected chi connectivity index (χ1v) is 8.14. The van der Waals surface area contributed by atoms with Gasteiger partial charge in [0.15, 0.2) is 0 Å². The number of carbonyl (C=O) groups is 1. The van der Waals surface area contributed by atoms with E-state index >= 15 is 0 Å². The van der Waals surface area contributed by atoms with E-state index in [1.54, 1.807) is 32.4 Å². The second-order valence-electron chi connectivity index (χ2n) is 4.93. The molecule has 1 heterocycles. The lowest BCUT2D eigenvalue weighted by Crippen LogP contribution is -2.42. The van der Waals surface area contributed by atoms with E-state index in [-0.39, 0.29) is 11.9 Å². The summed E-state index contributed by atoms with van der Waals surface area (Å²) in [6.07, 6.45) is 1.01. The van der Waals surface area contributed by atoms with Crippen molar-refractivity contribution in [3.05, 3.63) is 23.8 Å². The number of thioether (sulfide) groups is 1. The molecule has 1 aromatic carbocycles. The maximum absolute atomic E-state index is 12.9. The van der Waals surface area contributed by atoms with Gasteiger partial charge in [-0.1, -0.05) is 6.07 Å². The number of benzene rings is 1. The molecule has 1 unspecified atom stereocenters. The average molecular weight is 310 g/mol. The van der Waals surface area contributed by atoms with Crippen LogP contribution in [0.3, 0.4) is 0 Å². The van der Waals surface area contributed by atoms with Crippen LogP contribution in [0.15, 0.2) is 18.2 Å². The average Bonchev–Trinajstić information content (AvgIpc) is 3.01. The van der Waals surface area contributed by atoms with Gasteiger partial charge in [0.25, 0.3) is 5.91 Å². The van der Waals surface area contributed by atoms with Gasteiger partial charge in [-0.05, 0) is 24.3 Å². The van der Waals surface area contributed by atoms with Crippen molar-refractivity contribution in [1.29, 1.82) is 0 Å². The monoisotopic (exact) mass is 310 g/mol. The zero-order valence-electron chi connectivity index (χ0n) is 12.5. The highest BCUT2D eigenvalue weighted by atomic mass is 32.2. The number of hydrogen-bond acceptors (Lipinski definition) is 5. The van der Waals surface area contributed by atoms with Gasteiger partial charge in [-0.15, -0.1) is 0 Å². The summed E-state index contributed by atoms with van der Waals surface area (Å²) in [5.74, 6) is 2.50. The van der Waals surface area contributed by atoms with Crippen LogP contribution in [-0.4, -0.2) is 55.7 Å². The molecule has 1 fully saturated rings. The zero-order valence-corrected chi connectivity index (χ0v) is 13.3. The summed E-state index contributed by atoms with van der Waals surface area (Å²) in [6.45, 7) is 1.08. The molecule has 0 aliphatic carbocycles.